The van der Waals surface area contributed by atoms with Gasteiger partial charge in [-0.05, 0) is 72.6 Å². The van der Waals surface area contributed by atoms with Crippen LogP contribution in [0.2, 0.25) is 0 Å². The summed E-state index contributed by atoms with van der Waals surface area (Å²) in [6, 6.07) is 11.5. The fourth-order valence-corrected chi connectivity index (χ4v) is 3.07. The van der Waals surface area contributed by atoms with Crippen molar-refractivity contribution >= 4 is 0 Å². The standard InChI is InChI=1S/C18H20FN/c1-12-9-17(19)8-7-14(12)11-18(20)16-6-5-13-3-2-4-15(13)10-16/h5-10,18H,2-4,11,20H2,1H3. The molecule has 0 heterocycles. The molecule has 1 nitrogen and oxygen atoms in total. The zero-order valence-electron chi connectivity index (χ0n) is 11.8. The maximum absolute atomic E-state index is 13.1. The summed E-state index contributed by atoms with van der Waals surface area (Å²) in [6.07, 6.45) is 4.38. The molecule has 0 saturated heterocycles. The Morgan fingerprint density at radius 2 is 1.90 bits per heavy atom. The Hall–Kier alpha value is -1.67. The van der Waals surface area contributed by atoms with Gasteiger partial charge in [-0.1, -0.05) is 24.3 Å². The molecular formula is C18H20FN. The Labute approximate surface area is 119 Å². The largest absolute Gasteiger partial charge is 0.324 e. The van der Waals surface area contributed by atoms with Gasteiger partial charge >= 0.3 is 0 Å². The van der Waals surface area contributed by atoms with E-state index in [-0.39, 0.29) is 11.9 Å². The summed E-state index contributed by atoms with van der Waals surface area (Å²) in [4.78, 5) is 0. The van der Waals surface area contributed by atoms with Crippen molar-refractivity contribution in [2.45, 2.75) is 38.6 Å². The van der Waals surface area contributed by atoms with Crippen molar-refractivity contribution in [2.75, 3.05) is 0 Å². The minimum absolute atomic E-state index is 0.0231. The number of hydrogen-bond acceptors (Lipinski definition) is 1. The lowest BCUT2D eigenvalue weighted by Crippen LogP contribution is -2.14. The average Bonchev–Trinajstić information content (AvgIpc) is 2.89. The molecule has 1 atom stereocenters. The van der Waals surface area contributed by atoms with Crippen LogP contribution in [-0.2, 0) is 19.3 Å². The summed E-state index contributed by atoms with van der Waals surface area (Å²) in [7, 11) is 0. The van der Waals surface area contributed by atoms with E-state index in [0.717, 1.165) is 17.5 Å². The van der Waals surface area contributed by atoms with Crippen LogP contribution in [-0.4, -0.2) is 0 Å². The monoisotopic (exact) mass is 269 g/mol. The Kier molecular flexibility index (Phi) is 3.58. The van der Waals surface area contributed by atoms with E-state index >= 15 is 0 Å². The van der Waals surface area contributed by atoms with E-state index < -0.39 is 0 Å². The first-order chi connectivity index (χ1) is 9.63. The third-order valence-electron chi connectivity index (χ3n) is 4.30. The predicted molar refractivity (Wildman–Crippen MR) is 80.2 cm³/mol. The lowest BCUT2D eigenvalue weighted by atomic mass is 9.95. The molecule has 0 amide bonds. The zero-order chi connectivity index (χ0) is 14.1. The van der Waals surface area contributed by atoms with Gasteiger partial charge in [-0.3, -0.25) is 0 Å². The molecule has 2 heteroatoms. The van der Waals surface area contributed by atoms with Crippen molar-refractivity contribution < 1.29 is 4.39 Å². The van der Waals surface area contributed by atoms with Gasteiger partial charge in [0.05, 0.1) is 0 Å². The summed E-state index contributed by atoms with van der Waals surface area (Å²) in [5, 5.41) is 0. The number of hydrogen-bond donors (Lipinski definition) is 1. The molecule has 0 saturated carbocycles. The normalized spacial score (nSPS) is 15.2. The maximum Gasteiger partial charge on any atom is 0.123 e. The predicted octanol–water partition coefficient (Wildman–Crippen LogP) is 3.87. The summed E-state index contributed by atoms with van der Waals surface area (Å²) >= 11 is 0. The molecule has 0 aromatic heterocycles. The van der Waals surface area contributed by atoms with Gasteiger partial charge in [0.15, 0.2) is 0 Å². The van der Waals surface area contributed by atoms with Crippen LogP contribution >= 0.6 is 0 Å². The lowest BCUT2D eigenvalue weighted by Gasteiger charge is -2.15. The number of halogens is 1. The number of rotatable bonds is 3. The van der Waals surface area contributed by atoms with Crippen molar-refractivity contribution in [1.82, 2.24) is 0 Å². The molecule has 0 bridgehead atoms. The summed E-state index contributed by atoms with van der Waals surface area (Å²) in [5.41, 5.74) is 12.5. The molecule has 2 N–H and O–H groups in total. The fourth-order valence-electron chi connectivity index (χ4n) is 3.07. The first-order valence-electron chi connectivity index (χ1n) is 7.26. The summed E-state index contributed by atoms with van der Waals surface area (Å²) < 4.78 is 13.1. The molecule has 0 fully saturated rings. The highest BCUT2D eigenvalue weighted by Gasteiger charge is 2.14. The van der Waals surface area contributed by atoms with Crippen LogP contribution in [0.3, 0.4) is 0 Å². The van der Waals surface area contributed by atoms with Crippen LogP contribution in [0.5, 0.6) is 0 Å². The molecule has 1 unspecified atom stereocenters. The van der Waals surface area contributed by atoms with Gasteiger partial charge in [0, 0.05) is 6.04 Å². The average molecular weight is 269 g/mol. The highest BCUT2D eigenvalue weighted by Crippen LogP contribution is 2.26. The van der Waals surface area contributed by atoms with Gasteiger partial charge in [-0.2, -0.15) is 0 Å². The smallest absolute Gasteiger partial charge is 0.123 e. The van der Waals surface area contributed by atoms with E-state index in [1.54, 1.807) is 6.07 Å². The molecule has 0 aliphatic heterocycles. The van der Waals surface area contributed by atoms with Gasteiger partial charge in [0.25, 0.3) is 0 Å². The van der Waals surface area contributed by atoms with Gasteiger partial charge in [0.1, 0.15) is 5.82 Å². The van der Waals surface area contributed by atoms with Crippen LogP contribution in [0.25, 0.3) is 0 Å². The van der Waals surface area contributed by atoms with Gasteiger partial charge in [-0.25, -0.2) is 4.39 Å². The minimum Gasteiger partial charge on any atom is -0.324 e. The molecule has 104 valence electrons. The van der Waals surface area contributed by atoms with Crippen molar-refractivity contribution in [3.05, 3.63) is 70.0 Å². The molecular weight excluding hydrogens is 249 g/mol. The molecule has 20 heavy (non-hydrogen) atoms. The third kappa shape index (κ3) is 2.61. The minimum atomic E-state index is -0.183. The number of benzene rings is 2. The second kappa shape index (κ2) is 5.37. The van der Waals surface area contributed by atoms with E-state index in [1.165, 1.54) is 42.0 Å². The molecule has 0 radical (unpaired) electrons. The number of nitrogens with two attached hydrogens (primary N) is 1. The molecule has 2 aromatic carbocycles. The topological polar surface area (TPSA) is 26.0 Å². The number of fused-ring (bicyclic) bond motifs is 1. The molecule has 1 aliphatic rings. The van der Waals surface area contributed by atoms with Crippen LogP contribution in [0.1, 0.15) is 40.3 Å². The van der Waals surface area contributed by atoms with Crippen LogP contribution in [0.4, 0.5) is 4.39 Å². The highest BCUT2D eigenvalue weighted by atomic mass is 19.1. The van der Waals surface area contributed by atoms with E-state index in [9.17, 15) is 4.39 Å². The maximum atomic E-state index is 13.1. The van der Waals surface area contributed by atoms with E-state index in [1.807, 2.05) is 13.0 Å². The van der Waals surface area contributed by atoms with Crippen molar-refractivity contribution in [3.63, 3.8) is 0 Å². The Balaban J connectivity index is 1.80. The van der Waals surface area contributed by atoms with E-state index in [4.69, 9.17) is 5.73 Å². The van der Waals surface area contributed by atoms with Crippen LogP contribution in [0.15, 0.2) is 36.4 Å². The summed E-state index contributed by atoms with van der Waals surface area (Å²) in [6.45, 7) is 1.94. The van der Waals surface area contributed by atoms with Crippen molar-refractivity contribution in [1.29, 1.82) is 0 Å². The fraction of sp³-hybridized carbons (Fsp3) is 0.333. The Morgan fingerprint density at radius 3 is 2.70 bits per heavy atom. The zero-order valence-corrected chi connectivity index (χ0v) is 11.8. The first-order valence-corrected chi connectivity index (χ1v) is 7.26. The lowest BCUT2D eigenvalue weighted by molar-refractivity contribution is 0.624. The van der Waals surface area contributed by atoms with Gasteiger partial charge in [0.2, 0.25) is 0 Å². The Bertz CT molecular complexity index is 633. The SMILES string of the molecule is Cc1cc(F)ccc1CC(N)c1ccc2c(c1)CCC2. The molecule has 2 aromatic rings. The second-order valence-corrected chi connectivity index (χ2v) is 5.76. The Morgan fingerprint density at radius 1 is 1.10 bits per heavy atom. The van der Waals surface area contributed by atoms with E-state index in [2.05, 4.69) is 18.2 Å². The molecule has 3 rings (SSSR count). The third-order valence-corrected chi connectivity index (χ3v) is 4.30. The van der Waals surface area contributed by atoms with Crippen molar-refractivity contribution in [3.8, 4) is 0 Å². The van der Waals surface area contributed by atoms with Gasteiger partial charge in [-0.15, -0.1) is 0 Å². The quantitative estimate of drug-likeness (QED) is 0.899. The summed E-state index contributed by atoms with van der Waals surface area (Å²) in [5.74, 6) is -0.183. The highest BCUT2D eigenvalue weighted by molar-refractivity contribution is 5.37. The molecule has 0 spiro atoms. The number of aryl methyl sites for hydroxylation is 3. The van der Waals surface area contributed by atoms with E-state index in [0.29, 0.717) is 0 Å². The molecule has 1 aliphatic carbocycles. The van der Waals surface area contributed by atoms with Crippen molar-refractivity contribution in [2.24, 2.45) is 5.73 Å². The van der Waals surface area contributed by atoms with Crippen LogP contribution < -0.4 is 5.73 Å². The van der Waals surface area contributed by atoms with Crippen LogP contribution in [0, 0.1) is 12.7 Å². The second-order valence-electron chi connectivity index (χ2n) is 5.76. The van der Waals surface area contributed by atoms with Gasteiger partial charge < -0.3 is 5.73 Å². The first kappa shape index (κ1) is 13.3.